The SMILES string of the molecule is Cc1cc(-n2c(O)cc(CC#N)c2O)cc(F)c1Cl. The highest BCUT2D eigenvalue weighted by Crippen LogP contribution is 2.33. The van der Waals surface area contributed by atoms with Gasteiger partial charge in [-0.05, 0) is 24.6 Å². The molecule has 0 aliphatic heterocycles. The first-order valence-electron chi connectivity index (χ1n) is 5.41. The monoisotopic (exact) mass is 280 g/mol. The molecule has 0 radical (unpaired) electrons. The number of nitrogens with zero attached hydrogens (tertiary/aromatic N) is 2. The third-order valence-electron chi connectivity index (χ3n) is 2.75. The second kappa shape index (κ2) is 4.82. The highest BCUT2D eigenvalue weighted by Gasteiger charge is 2.17. The molecule has 0 unspecified atom stereocenters. The fraction of sp³-hybridized carbons (Fsp3) is 0.154. The zero-order valence-corrected chi connectivity index (χ0v) is 10.7. The van der Waals surface area contributed by atoms with Crippen LogP contribution in [0.1, 0.15) is 11.1 Å². The predicted molar refractivity (Wildman–Crippen MR) is 68.1 cm³/mol. The van der Waals surface area contributed by atoms with Gasteiger partial charge in [-0.3, -0.25) is 4.57 Å². The number of rotatable bonds is 2. The maximum Gasteiger partial charge on any atom is 0.202 e. The minimum atomic E-state index is -0.647. The van der Waals surface area contributed by atoms with Crippen molar-refractivity contribution in [1.82, 2.24) is 4.57 Å². The standard InChI is InChI=1S/C13H10ClFN2O2/c1-7-4-9(6-10(15)12(7)14)17-11(18)5-8(2-3-16)13(17)19/h4-6,18-19H,2H2,1H3. The maximum absolute atomic E-state index is 13.6. The third kappa shape index (κ3) is 2.23. The Morgan fingerprint density at radius 2 is 2.05 bits per heavy atom. The van der Waals surface area contributed by atoms with E-state index < -0.39 is 5.82 Å². The normalized spacial score (nSPS) is 10.4. The van der Waals surface area contributed by atoms with Crippen molar-refractivity contribution in [2.75, 3.05) is 0 Å². The summed E-state index contributed by atoms with van der Waals surface area (Å²) in [5.74, 6) is -1.21. The molecule has 2 N–H and O–H groups in total. The van der Waals surface area contributed by atoms with Crippen molar-refractivity contribution in [3.63, 3.8) is 0 Å². The Kier molecular flexibility index (Phi) is 3.36. The lowest BCUT2D eigenvalue weighted by Gasteiger charge is -2.09. The van der Waals surface area contributed by atoms with E-state index in [1.54, 1.807) is 6.92 Å². The lowest BCUT2D eigenvalue weighted by molar-refractivity contribution is 0.400. The lowest BCUT2D eigenvalue weighted by Crippen LogP contribution is -1.96. The van der Waals surface area contributed by atoms with Gasteiger partial charge in [0.15, 0.2) is 5.88 Å². The molecule has 0 aliphatic rings. The summed E-state index contributed by atoms with van der Waals surface area (Å²) in [4.78, 5) is 0. The summed E-state index contributed by atoms with van der Waals surface area (Å²) < 4.78 is 14.6. The topological polar surface area (TPSA) is 69.2 Å². The number of benzene rings is 1. The molecule has 0 atom stereocenters. The Labute approximate surface area is 113 Å². The zero-order chi connectivity index (χ0) is 14.2. The molecule has 0 fully saturated rings. The number of hydrogen-bond donors (Lipinski definition) is 2. The molecule has 2 rings (SSSR count). The Balaban J connectivity index is 2.63. The van der Waals surface area contributed by atoms with E-state index in [0.29, 0.717) is 5.56 Å². The Hall–Kier alpha value is -2.19. The highest BCUT2D eigenvalue weighted by atomic mass is 35.5. The van der Waals surface area contributed by atoms with Crippen LogP contribution >= 0.6 is 11.6 Å². The summed E-state index contributed by atoms with van der Waals surface area (Å²) in [6, 6.07) is 5.76. The molecule has 0 saturated heterocycles. The molecule has 6 heteroatoms. The fourth-order valence-electron chi connectivity index (χ4n) is 1.84. The van der Waals surface area contributed by atoms with Crippen molar-refractivity contribution in [3.8, 4) is 23.5 Å². The molecular weight excluding hydrogens is 271 g/mol. The summed E-state index contributed by atoms with van der Waals surface area (Å²) in [5, 5.41) is 28.3. The van der Waals surface area contributed by atoms with Crippen LogP contribution in [0.15, 0.2) is 18.2 Å². The molecule has 0 spiro atoms. The summed E-state index contributed by atoms with van der Waals surface area (Å²) >= 11 is 5.72. The van der Waals surface area contributed by atoms with E-state index in [1.807, 2.05) is 6.07 Å². The van der Waals surface area contributed by atoms with Gasteiger partial charge in [-0.25, -0.2) is 4.39 Å². The molecule has 0 bridgehead atoms. The van der Waals surface area contributed by atoms with Crippen LogP contribution in [0, 0.1) is 24.1 Å². The van der Waals surface area contributed by atoms with Crippen molar-refractivity contribution in [2.45, 2.75) is 13.3 Å². The molecular formula is C13H10ClFN2O2. The Bertz CT molecular complexity index is 666. The summed E-state index contributed by atoms with van der Waals surface area (Å²) in [7, 11) is 0. The van der Waals surface area contributed by atoms with E-state index in [0.717, 1.165) is 10.6 Å². The first kappa shape index (κ1) is 13.2. The molecule has 98 valence electrons. The average molecular weight is 281 g/mol. The molecule has 4 nitrogen and oxygen atoms in total. The van der Waals surface area contributed by atoms with Gasteiger partial charge in [0, 0.05) is 11.6 Å². The second-order valence-electron chi connectivity index (χ2n) is 4.08. The van der Waals surface area contributed by atoms with Crippen LogP contribution in [0.25, 0.3) is 5.69 Å². The molecule has 0 saturated carbocycles. The Morgan fingerprint density at radius 3 is 2.63 bits per heavy atom. The fourth-order valence-corrected chi connectivity index (χ4v) is 1.95. The minimum absolute atomic E-state index is 0.00728. The van der Waals surface area contributed by atoms with E-state index >= 15 is 0 Å². The first-order chi connectivity index (χ1) is 8.95. The van der Waals surface area contributed by atoms with E-state index in [4.69, 9.17) is 16.9 Å². The van der Waals surface area contributed by atoms with Crippen LogP contribution in [0.3, 0.4) is 0 Å². The smallest absolute Gasteiger partial charge is 0.202 e. The minimum Gasteiger partial charge on any atom is -0.494 e. The van der Waals surface area contributed by atoms with Gasteiger partial charge in [0.25, 0.3) is 0 Å². The van der Waals surface area contributed by atoms with Gasteiger partial charge in [0.1, 0.15) is 5.82 Å². The molecule has 19 heavy (non-hydrogen) atoms. The van der Waals surface area contributed by atoms with Crippen molar-refractivity contribution < 1.29 is 14.6 Å². The molecule has 1 aromatic carbocycles. The lowest BCUT2D eigenvalue weighted by atomic mass is 10.2. The molecule has 0 aliphatic carbocycles. The molecule has 1 aromatic heterocycles. The van der Waals surface area contributed by atoms with Gasteiger partial charge in [0.2, 0.25) is 5.88 Å². The second-order valence-corrected chi connectivity index (χ2v) is 4.46. The number of aromatic nitrogens is 1. The van der Waals surface area contributed by atoms with Crippen molar-refractivity contribution >= 4 is 11.6 Å². The van der Waals surface area contributed by atoms with Crippen molar-refractivity contribution in [3.05, 3.63) is 40.2 Å². The molecule has 2 aromatic rings. The van der Waals surface area contributed by atoms with Gasteiger partial charge in [-0.2, -0.15) is 5.26 Å². The van der Waals surface area contributed by atoms with E-state index in [1.165, 1.54) is 12.1 Å². The molecule has 1 heterocycles. The van der Waals surface area contributed by atoms with Crippen molar-refractivity contribution in [1.29, 1.82) is 5.26 Å². The van der Waals surface area contributed by atoms with Crippen LogP contribution in [0.4, 0.5) is 4.39 Å². The third-order valence-corrected chi connectivity index (χ3v) is 3.23. The Morgan fingerprint density at radius 1 is 1.37 bits per heavy atom. The van der Waals surface area contributed by atoms with E-state index in [2.05, 4.69) is 0 Å². The van der Waals surface area contributed by atoms with Crippen LogP contribution in [-0.4, -0.2) is 14.8 Å². The van der Waals surface area contributed by atoms with Gasteiger partial charge in [-0.1, -0.05) is 11.6 Å². The quantitative estimate of drug-likeness (QED) is 0.888. The van der Waals surface area contributed by atoms with Crippen molar-refractivity contribution in [2.24, 2.45) is 0 Å². The number of hydrogen-bond acceptors (Lipinski definition) is 3. The number of aryl methyl sites for hydroxylation is 1. The van der Waals surface area contributed by atoms with Gasteiger partial charge in [-0.15, -0.1) is 0 Å². The van der Waals surface area contributed by atoms with E-state index in [-0.39, 0.29) is 34.5 Å². The van der Waals surface area contributed by atoms with Crippen LogP contribution in [0.5, 0.6) is 11.8 Å². The number of halogens is 2. The number of nitriles is 1. The maximum atomic E-state index is 13.6. The summed E-state index contributed by atoms with van der Waals surface area (Å²) in [5.41, 5.74) is 0.984. The summed E-state index contributed by atoms with van der Waals surface area (Å²) in [6.07, 6.45) is -0.0541. The van der Waals surface area contributed by atoms with Gasteiger partial charge >= 0.3 is 0 Å². The van der Waals surface area contributed by atoms with Crippen LogP contribution in [0.2, 0.25) is 5.02 Å². The van der Waals surface area contributed by atoms with Gasteiger partial charge < -0.3 is 10.2 Å². The first-order valence-corrected chi connectivity index (χ1v) is 5.79. The average Bonchev–Trinajstić information content (AvgIpc) is 2.62. The summed E-state index contributed by atoms with van der Waals surface area (Å²) in [6.45, 7) is 1.61. The largest absolute Gasteiger partial charge is 0.494 e. The van der Waals surface area contributed by atoms with Gasteiger partial charge in [0.05, 0.1) is 23.2 Å². The van der Waals surface area contributed by atoms with Crippen LogP contribution in [-0.2, 0) is 6.42 Å². The highest BCUT2D eigenvalue weighted by molar-refractivity contribution is 6.31. The van der Waals surface area contributed by atoms with Crippen LogP contribution < -0.4 is 0 Å². The molecule has 0 amide bonds. The predicted octanol–water partition coefficient (Wildman–Crippen LogP) is 3.06. The van der Waals surface area contributed by atoms with E-state index in [9.17, 15) is 14.6 Å². The number of aromatic hydroxyl groups is 2. The zero-order valence-electron chi connectivity index (χ0n) is 9.98.